The first kappa shape index (κ1) is 17.5. The molecule has 0 bridgehead atoms. The van der Waals surface area contributed by atoms with Gasteiger partial charge in [-0.3, -0.25) is 19.1 Å². The van der Waals surface area contributed by atoms with Crippen molar-refractivity contribution in [1.82, 2.24) is 9.55 Å². The molecule has 2 rings (SSSR count). The summed E-state index contributed by atoms with van der Waals surface area (Å²) in [5.41, 5.74) is -1.17. The number of nitrogens with one attached hydrogen (secondary N) is 1. The van der Waals surface area contributed by atoms with Crippen LogP contribution in [0.1, 0.15) is 51.8 Å². The molecule has 1 fully saturated rings. The van der Waals surface area contributed by atoms with Crippen LogP contribution in [0.15, 0.2) is 15.8 Å². The van der Waals surface area contributed by atoms with E-state index >= 15 is 0 Å². The predicted molar refractivity (Wildman–Crippen MR) is 84.4 cm³/mol. The van der Waals surface area contributed by atoms with Crippen molar-refractivity contribution in [2.75, 3.05) is 0 Å². The smallest absolute Gasteiger partial charge is 0.330 e. The van der Waals surface area contributed by atoms with E-state index in [1.54, 1.807) is 0 Å². The Bertz CT molecular complexity index is 678. The van der Waals surface area contributed by atoms with E-state index in [2.05, 4.69) is 25.8 Å². The van der Waals surface area contributed by atoms with Crippen LogP contribution in [0.4, 0.5) is 0 Å². The van der Waals surface area contributed by atoms with Crippen molar-refractivity contribution in [2.24, 2.45) is 11.8 Å². The highest BCUT2D eigenvalue weighted by molar-refractivity contribution is 5.69. The van der Waals surface area contributed by atoms with Crippen LogP contribution < -0.4 is 11.2 Å². The highest BCUT2D eigenvalue weighted by atomic mass is 16.5. The van der Waals surface area contributed by atoms with Crippen LogP contribution in [0.2, 0.25) is 0 Å². The van der Waals surface area contributed by atoms with E-state index in [1.807, 2.05) is 0 Å². The Kier molecular flexibility index (Phi) is 5.41. The Morgan fingerprint density at radius 2 is 2.13 bits per heavy atom. The Hall–Kier alpha value is -1.89. The number of aliphatic carboxylic acids is 1. The molecule has 1 aromatic heterocycles. The molecule has 0 saturated carbocycles. The topological polar surface area (TPSA) is 101 Å². The van der Waals surface area contributed by atoms with E-state index < -0.39 is 29.9 Å². The third-order valence-corrected chi connectivity index (χ3v) is 4.85. The normalized spacial score (nSPS) is 23.6. The molecule has 2 N–H and O–H groups in total. The van der Waals surface area contributed by atoms with Crippen molar-refractivity contribution in [3.63, 3.8) is 0 Å². The van der Waals surface area contributed by atoms with E-state index in [0.717, 1.165) is 12.8 Å². The van der Waals surface area contributed by atoms with Gasteiger partial charge >= 0.3 is 11.7 Å². The highest BCUT2D eigenvalue weighted by Crippen LogP contribution is 2.34. The standard InChI is InChI=1S/C16H24N2O5/c1-4-9(2)10(3)12-5-6-13(23-12)18-8-11(7-14(19)20)15(21)17-16(18)22/h8-10,12-13H,4-7H2,1-3H3,(H,19,20)(H,17,21,22)/t9?,10?,12?,13-/m1/s1. The number of hydrogen-bond donors (Lipinski definition) is 2. The number of carbonyl (C=O) groups is 1. The van der Waals surface area contributed by atoms with E-state index in [9.17, 15) is 14.4 Å². The molecule has 1 aromatic rings. The number of aromatic nitrogens is 2. The minimum atomic E-state index is -1.11. The van der Waals surface area contributed by atoms with Crippen LogP contribution in [-0.2, 0) is 16.0 Å². The van der Waals surface area contributed by atoms with Crippen LogP contribution in [0, 0.1) is 11.8 Å². The van der Waals surface area contributed by atoms with Gasteiger partial charge in [-0.25, -0.2) is 4.79 Å². The van der Waals surface area contributed by atoms with Crippen LogP contribution >= 0.6 is 0 Å². The fourth-order valence-corrected chi connectivity index (χ4v) is 3.00. The van der Waals surface area contributed by atoms with E-state index in [1.165, 1.54) is 10.8 Å². The minimum absolute atomic E-state index is 0.0547. The molecule has 0 aromatic carbocycles. The molecular formula is C16H24N2O5. The van der Waals surface area contributed by atoms with Crippen molar-refractivity contribution < 1.29 is 14.6 Å². The van der Waals surface area contributed by atoms with E-state index in [-0.39, 0.29) is 11.7 Å². The molecule has 1 aliphatic heterocycles. The predicted octanol–water partition coefficient (Wildman–Crippen LogP) is 1.52. The lowest BCUT2D eigenvalue weighted by Gasteiger charge is -2.25. The maximum Gasteiger partial charge on any atom is 0.330 e. The van der Waals surface area contributed by atoms with E-state index in [4.69, 9.17) is 9.84 Å². The van der Waals surface area contributed by atoms with Gasteiger partial charge in [-0.2, -0.15) is 0 Å². The second-order valence-corrected chi connectivity index (χ2v) is 6.34. The van der Waals surface area contributed by atoms with Crippen LogP contribution in [0.5, 0.6) is 0 Å². The van der Waals surface area contributed by atoms with Crippen LogP contribution in [0.3, 0.4) is 0 Å². The second-order valence-electron chi connectivity index (χ2n) is 6.34. The summed E-state index contributed by atoms with van der Waals surface area (Å²) in [6.07, 6.45) is 3.08. The molecule has 0 amide bonds. The van der Waals surface area contributed by atoms with Crippen LogP contribution in [0.25, 0.3) is 0 Å². The third kappa shape index (κ3) is 3.90. The van der Waals surface area contributed by atoms with Crippen molar-refractivity contribution in [3.05, 3.63) is 32.6 Å². The summed E-state index contributed by atoms with van der Waals surface area (Å²) in [6.45, 7) is 6.46. The Morgan fingerprint density at radius 3 is 2.74 bits per heavy atom. The van der Waals surface area contributed by atoms with Gasteiger partial charge in [0, 0.05) is 11.8 Å². The number of ether oxygens (including phenoxy) is 1. The number of H-pyrrole nitrogens is 1. The zero-order valence-electron chi connectivity index (χ0n) is 13.7. The SMILES string of the molecule is CCC(C)C(C)C1CC[C@H](n2cc(CC(=O)O)c(=O)[nH]c2=O)O1. The van der Waals surface area contributed by atoms with Gasteiger partial charge in [0.1, 0.15) is 6.23 Å². The van der Waals surface area contributed by atoms with Gasteiger partial charge in [0.05, 0.1) is 12.5 Å². The Morgan fingerprint density at radius 1 is 1.43 bits per heavy atom. The summed E-state index contributed by atoms with van der Waals surface area (Å²) in [7, 11) is 0. The molecule has 0 spiro atoms. The first-order chi connectivity index (χ1) is 10.8. The molecule has 1 aliphatic rings. The summed E-state index contributed by atoms with van der Waals surface area (Å²) in [4.78, 5) is 36.7. The molecule has 4 atom stereocenters. The lowest BCUT2D eigenvalue weighted by atomic mass is 9.88. The Labute approximate surface area is 134 Å². The maximum absolute atomic E-state index is 12.0. The summed E-state index contributed by atoms with van der Waals surface area (Å²) < 4.78 is 7.31. The van der Waals surface area contributed by atoms with Gasteiger partial charge in [-0.15, -0.1) is 0 Å². The number of aromatic amines is 1. The van der Waals surface area contributed by atoms with Crippen LogP contribution in [-0.4, -0.2) is 26.7 Å². The molecular weight excluding hydrogens is 300 g/mol. The number of carboxylic acids is 1. The van der Waals surface area contributed by atoms with Crippen molar-refractivity contribution in [1.29, 1.82) is 0 Å². The van der Waals surface area contributed by atoms with Gasteiger partial charge in [0.25, 0.3) is 5.56 Å². The summed E-state index contributed by atoms with van der Waals surface area (Å²) in [6, 6.07) is 0. The lowest BCUT2D eigenvalue weighted by molar-refractivity contribution is -0.136. The average Bonchev–Trinajstić information content (AvgIpc) is 2.97. The largest absolute Gasteiger partial charge is 0.481 e. The number of hydrogen-bond acceptors (Lipinski definition) is 4. The van der Waals surface area contributed by atoms with Gasteiger partial charge in [0.2, 0.25) is 0 Å². The molecule has 0 aliphatic carbocycles. The fourth-order valence-electron chi connectivity index (χ4n) is 3.00. The lowest BCUT2D eigenvalue weighted by Crippen LogP contribution is -2.35. The Balaban J connectivity index is 2.21. The third-order valence-electron chi connectivity index (χ3n) is 4.85. The number of carboxylic acid groups (broad SMARTS) is 1. The van der Waals surface area contributed by atoms with E-state index in [0.29, 0.717) is 18.3 Å². The van der Waals surface area contributed by atoms with Crippen molar-refractivity contribution >= 4 is 5.97 Å². The highest BCUT2D eigenvalue weighted by Gasteiger charge is 2.33. The average molecular weight is 324 g/mol. The summed E-state index contributed by atoms with van der Waals surface area (Å²) in [5, 5.41) is 8.85. The van der Waals surface area contributed by atoms with Crippen molar-refractivity contribution in [3.8, 4) is 0 Å². The van der Waals surface area contributed by atoms with Gasteiger partial charge in [-0.05, 0) is 24.7 Å². The minimum Gasteiger partial charge on any atom is -0.481 e. The number of nitrogens with zero attached hydrogens (tertiary/aromatic N) is 1. The quantitative estimate of drug-likeness (QED) is 0.826. The molecule has 23 heavy (non-hydrogen) atoms. The van der Waals surface area contributed by atoms with Gasteiger partial charge in [-0.1, -0.05) is 27.2 Å². The summed E-state index contributed by atoms with van der Waals surface area (Å²) >= 11 is 0. The second kappa shape index (κ2) is 7.12. The fraction of sp³-hybridized carbons (Fsp3) is 0.688. The number of rotatable bonds is 6. The van der Waals surface area contributed by atoms with Gasteiger partial charge < -0.3 is 9.84 Å². The first-order valence-corrected chi connectivity index (χ1v) is 8.05. The van der Waals surface area contributed by atoms with Gasteiger partial charge in [0.15, 0.2) is 0 Å². The van der Waals surface area contributed by atoms with Crippen molar-refractivity contribution in [2.45, 2.75) is 58.8 Å². The zero-order chi connectivity index (χ0) is 17.1. The molecule has 7 heteroatoms. The molecule has 0 radical (unpaired) electrons. The molecule has 128 valence electrons. The molecule has 2 heterocycles. The molecule has 7 nitrogen and oxygen atoms in total. The molecule has 3 unspecified atom stereocenters. The maximum atomic E-state index is 12.0. The molecule has 1 saturated heterocycles. The summed E-state index contributed by atoms with van der Waals surface area (Å²) in [5.74, 6) is -0.216. The monoisotopic (exact) mass is 324 g/mol. The zero-order valence-corrected chi connectivity index (χ0v) is 13.7. The first-order valence-electron chi connectivity index (χ1n) is 8.05.